The van der Waals surface area contributed by atoms with E-state index in [2.05, 4.69) is 27.2 Å². The van der Waals surface area contributed by atoms with Crippen LogP contribution in [0.4, 0.5) is 0 Å². The molecule has 0 aromatic carbocycles. The Morgan fingerprint density at radius 3 is 2.64 bits per heavy atom. The first kappa shape index (κ1) is 17.3. The van der Waals surface area contributed by atoms with Crippen LogP contribution < -0.4 is 5.32 Å². The van der Waals surface area contributed by atoms with Crippen LogP contribution in [0.3, 0.4) is 0 Å². The van der Waals surface area contributed by atoms with Crippen LogP contribution in [-0.2, 0) is 4.74 Å². The van der Waals surface area contributed by atoms with E-state index >= 15 is 0 Å². The van der Waals surface area contributed by atoms with Gasteiger partial charge in [0.2, 0.25) is 0 Å². The van der Waals surface area contributed by atoms with Crippen LogP contribution in [0.5, 0.6) is 0 Å². The van der Waals surface area contributed by atoms with Crippen molar-refractivity contribution in [2.75, 3.05) is 20.3 Å². The number of pyridine rings is 2. The topological polar surface area (TPSA) is 72.3 Å². The summed E-state index contributed by atoms with van der Waals surface area (Å²) >= 11 is 0. The highest BCUT2D eigenvalue weighted by atomic mass is 16.5. The highest BCUT2D eigenvalue weighted by molar-refractivity contribution is 6.06. The van der Waals surface area contributed by atoms with Crippen molar-refractivity contribution in [3.8, 4) is 5.82 Å². The molecule has 2 fully saturated rings. The van der Waals surface area contributed by atoms with E-state index in [1.54, 1.807) is 12.4 Å². The molecule has 5 heterocycles. The molecule has 0 saturated carbocycles. The molecule has 2 atom stereocenters. The third-order valence-electron chi connectivity index (χ3n) is 5.92. The minimum Gasteiger partial charge on any atom is -0.378 e. The number of hydrogen-bond acceptors (Lipinski definition) is 5. The number of piperidine rings is 1. The molecule has 7 nitrogen and oxygen atoms in total. The number of hydrogen-bond donors (Lipinski definition) is 1. The summed E-state index contributed by atoms with van der Waals surface area (Å²) in [6.07, 6.45) is 7.14. The fraction of sp³-hybridized carbons (Fsp3) is 0.381. The van der Waals surface area contributed by atoms with E-state index in [4.69, 9.17) is 4.74 Å². The number of morpholine rings is 1. The maximum Gasteiger partial charge on any atom is 0.253 e. The van der Waals surface area contributed by atoms with Gasteiger partial charge in [0, 0.05) is 42.1 Å². The molecule has 0 aliphatic carbocycles. The number of nitrogens with zero attached hydrogens (tertiary/aromatic N) is 4. The predicted octanol–water partition coefficient (Wildman–Crippen LogP) is 2.01. The average Bonchev–Trinajstić information content (AvgIpc) is 3.09. The summed E-state index contributed by atoms with van der Waals surface area (Å²) in [5, 5.41) is 4.09. The highest BCUT2D eigenvalue weighted by Crippen LogP contribution is 2.27. The number of fused-ring (bicyclic) bond motifs is 3. The monoisotopic (exact) mass is 377 g/mol. The van der Waals surface area contributed by atoms with Gasteiger partial charge in [-0.25, -0.2) is 9.97 Å². The zero-order chi connectivity index (χ0) is 19.1. The van der Waals surface area contributed by atoms with Crippen molar-refractivity contribution < 1.29 is 9.53 Å². The molecule has 144 valence electrons. The van der Waals surface area contributed by atoms with Gasteiger partial charge in [-0.2, -0.15) is 0 Å². The zero-order valence-electron chi connectivity index (χ0n) is 15.8. The Labute approximate surface area is 163 Å². The van der Waals surface area contributed by atoms with Crippen LogP contribution in [0, 0.1) is 0 Å². The Bertz CT molecular complexity index is 988. The van der Waals surface area contributed by atoms with Crippen LogP contribution in [0.15, 0.2) is 48.9 Å². The van der Waals surface area contributed by atoms with Gasteiger partial charge in [-0.1, -0.05) is 6.07 Å². The highest BCUT2D eigenvalue weighted by Gasteiger charge is 2.37. The first-order chi connectivity index (χ1) is 13.7. The molecular weight excluding hydrogens is 354 g/mol. The van der Waals surface area contributed by atoms with Crippen LogP contribution >= 0.6 is 0 Å². The van der Waals surface area contributed by atoms with Crippen molar-refractivity contribution in [3.05, 3.63) is 54.5 Å². The number of nitrogens with one attached hydrogen (secondary N) is 1. The van der Waals surface area contributed by atoms with E-state index in [9.17, 15) is 4.79 Å². The molecule has 2 aliphatic heterocycles. The quantitative estimate of drug-likeness (QED) is 0.756. The molecule has 0 radical (unpaired) electrons. The molecule has 7 heteroatoms. The molecule has 28 heavy (non-hydrogen) atoms. The summed E-state index contributed by atoms with van der Waals surface area (Å²) in [5.41, 5.74) is 1.37. The zero-order valence-corrected chi connectivity index (χ0v) is 15.8. The number of rotatable bonds is 3. The SMILES string of the molecule is CN1C2COCC1CC(NC(=O)c1cn(-c3ccccn3)c3ncccc13)C2. The van der Waals surface area contributed by atoms with Gasteiger partial charge >= 0.3 is 0 Å². The lowest BCUT2D eigenvalue weighted by atomic mass is 9.90. The molecule has 1 amide bonds. The fourth-order valence-corrected chi connectivity index (χ4v) is 4.39. The van der Waals surface area contributed by atoms with Gasteiger partial charge in [0.1, 0.15) is 11.5 Å². The van der Waals surface area contributed by atoms with Gasteiger partial charge in [0.15, 0.2) is 0 Å². The summed E-state index contributed by atoms with van der Waals surface area (Å²) in [4.78, 5) is 24.4. The summed E-state index contributed by atoms with van der Waals surface area (Å²) < 4.78 is 7.56. The number of aromatic nitrogens is 3. The Morgan fingerprint density at radius 1 is 1.11 bits per heavy atom. The summed E-state index contributed by atoms with van der Waals surface area (Å²) in [6.45, 7) is 1.48. The summed E-state index contributed by atoms with van der Waals surface area (Å²) in [7, 11) is 2.15. The van der Waals surface area contributed by atoms with Gasteiger partial charge in [-0.15, -0.1) is 0 Å². The van der Waals surface area contributed by atoms with Crippen molar-refractivity contribution >= 4 is 16.9 Å². The second kappa shape index (κ2) is 7.00. The summed E-state index contributed by atoms with van der Waals surface area (Å²) in [6, 6.07) is 10.4. The van der Waals surface area contributed by atoms with Crippen LogP contribution in [0.1, 0.15) is 23.2 Å². The van der Waals surface area contributed by atoms with E-state index in [1.165, 1.54) is 0 Å². The van der Waals surface area contributed by atoms with E-state index < -0.39 is 0 Å². The van der Waals surface area contributed by atoms with Gasteiger partial charge < -0.3 is 10.1 Å². The summed E-state index contributed by atoms with van der Waals surface area (Å²) in [5.74, 6) is 0.692. The molecule has 3 aromatic rings. The van der Waals surface area contributed by atoms with Crippen molar-refractivity contribution in [1.29, 1.82) is 0 Å². The first-order valence-electron chi connectivity index (χ1n) is 9.68. The largest absolute Gasteiger partial charge is 0.378 e. The van der Waals surface area contributed by atoms with E-state index in [0.29, 0.717) is 17.6 Å². The number of ether oxygens (including phenoxy) is 1. The maximum atomic E-state index is 13.2. The van der Waals surface area contributed by atoms with Crippen LogP contribution in [-0.4, -0.2) is 63.7 Å². The molecule has 2 aliphatic rings. The lowest BCUT2D eigenvalue weighted by Crippen LogP contribution is -2.59. The normalized spacial score (nSPS) is 25.0. The molecule has 2 unspecified atom stereocenters. The predicted molar refractivity (Wildman–Crippen MR) is 106 cm³/mol. The van der Waals surface area contributed by atoms with Crippen LogP contribution in [0.2, 0.25) is 0 Å². The standard InChI is InChI=1S/C21H23N5O2/c1-25-15-9-14(10-16(25)13-28-12-15)24-21(27)18-11-26(19-6-2-3-7-22-19)20-17(18)5-4-8-23-20/h2-8,11,14-16H,9-10,12-13H2,1H3,(H,24,27). The van der Waals surface area contributed by atoms with E-state index in [0.717, 1.165) is 42.9 Å². The molecule has 5 rings (SSSR count). The minimum absolute atomic E-state index is 0.0544. The Balaban J connectivity index is 1.44. The molecule has 0 spiro atoms. The molecular formula is C21H23N5O2. The fourth-order valence-electron chi connectivity index (χ4n) is 4.39. The first-order valence-corrected chi connectivity index (χ1v) is 9.68. The lowest BCUT2D eigenvalue weighted by Gasteiger charge is -2.46. The number of carbonyl (C=O) groups excluding carboxylic acids is 1. The van der Waals surface area contributed by atoms with Crippen molar-refractivity contribution in [1.82, 2.24) is 24.8 Å². The van der Waals surface area contributed by atoms with E-state index in [-0.39, 0.29) is 11.9 Å². The number of likely N-dealkylation sites (N-methyl/N-ethyl adjacent to an activating group) is 1. The van der Waals surface area contributed by atoms with Crippen molar-refractivity contribution in [3.63, 3.8) is 0 Å². The number of amides is 1. The third-order valence-corrected chi connectivity index (χ3v) is 5.92. The Morgan fingerprint density at radius 2 is 1.89 bits per heavy atom. The van der Waals surface area contributed by atoms with Crippen LogP contribution in [0.25, 0.3) is 16.9 Å². The van der Waals surface area contributed by atoms with Crippen molar-refractivity contribution in [2.45, 2.75) is 31.0 Å². The second-order valence-electron chi connectivity index (χ2n) is 7.63. The van der Waals surface area contributed by atoms with Gasteiger partial charge in [-0.05, 0) is 44.2 Å². The van der Waals surface area contributed by atoms with Gasteiger partial charge in [-0.3, -0.25) is 14.3 Å². The van der Waals surface area contributed by atoms with E-state index in [1.807, 2.05) is 41.1 Å². The molecule has 2 saturated heterocycles. The van der Waals surface area contributed by atoms with Gasteiger partial charge in [0.25, 0.3) is 5.91 Å². The Kier molecular flexibility index (Phi) is 4.33. The van der Waals surface area contributed by atoms with Gasteiger partial charge in [0.05, 0.1) is 18.8 Å². The average molecular weight is 377 g/mol. The molecule has 3 aromatic heterocycles. The third kappa shape index (κ3) is 2.96. The maximum absolute atomic E-state index is 13.2. The number of carbonyl (C=O) groups is 1. The molecule has 2 bridgehead atoms. The smallest absolute Gasteiger partial charge is 0.253 e. The second-order valence-corrected chi connectivity index (χ2v) is 7.63. The Hall–Kier alpha value is -2.77. The van der Waals surface area contributed by atoms with Crippen molar-refractivity contribution in [2.24, 2.45) is 0 Å². The lowest BCUT2D eigenvalue weighted by molar-refractivity contribution is -0.0670. The molecule has 1 N–H and O–H groups in total. The minimum atomic E-state index is -0.0544.